The van der Waals surface area contributed by atoms with Gasteiger partial charge in [-0.05, 0) is 12.5 Å². The van der Waals surface area contributed by atoms with Crippen molar-refractivity contribution in [1.29, 1.82) is 0 Å². The van der Waals surface area contributed by atoms with Gasteiger partial charge in [0.15, 0.2) is 5.78 Å². The largest absolute Gasteiger partial charge is 0.380 e. The number of carbonyl (C=O) groups is 1. The molecule has 1 saturated heterocycles. The van der Waals surface area contributed by atoms with E-state index >= 15 is 0 Å². The van der Waals surface area contributed by atoms with E-state index in [1.54, 1.807) is 0 Å². The third-order valence-corrected chi connectivity index (χ3v) is 2.84. The van der Waals surface area contributed by atoms with Gasteiger partial charge in [0, 0.05) is 44.7 Å². The summed E-state index contributed by atoms with van der Waals surface area (Å²) in [4.78, 5) is 14.1. The second-order valence-electron chi connectivity index (χ2n) is 4.23. The van der Waals surface area contributed by atoms with Crippen molar-refractivity contribution >= 4 is 5.78 Å². The number of Topliss-reactive ketones (excluding diaryl/α,β-unsaturated/α-hetero) is 1. The molecule has 0 saturated carbocycles. The molecule has 1 aromatic rings. The molecule has 16 heavy (non-hydrogen) atoms. The van der Waals surface area contributed by atoms with Gasteiger partial charge in [-0.3, -0.25) is 9.69 Å². The molecule has 1 aliphatic heterocycles. The number of ketones is 1. The number of aryl methyl sites for hydroxylation is 1. The summed E-state index contributed by atoms with van der Waals surface area (Å²) in [5.74, 6) is 0.197. The van der Waals surface area contributed by atoms with Crippen molar-refractivity contribution in [1.82, 2.24) is 9.47 Å². The minimum Gasteiger partial charge on any atom is -0.380 e. The van der Waals surface area contributed by atoms with Crippen LogP contribution in [0, 0.1) is 0 Å². The highest BCUT2D eigenvalue weighted by Gasteiger charge is 2.14. The Morgan fingerprint density at radius 1 is 1.44 bits per heavy atom. The van der Waals surface area contributed by atoms with Crippen LogP contribution in [0.15, 0.2) is 18.5 Å². The van der Waals surface area contributed by atoms with Gasteiger partial charge < -0.3 is 9.30 Å². The maximum atomic E-state index is 11.9. The zero-order valence-corrected chi connectivity index (χ0v) is 9.69. The fourth-order valence-electron chi connectivity index (χ4n) is 1.92. The Hall–Kier alpha value is -1.13. The summed E-state index contributed by atoms with van der Waals surface area (Å²) in [6.45, 7) is 3.88. The Balaban J connectivity index is 1.90. The first-order chi connectivity index (χ1) is 7.75. The van der Waals surface area contributed by atoms with Gasteiger partial charge in [0.1, 0.15) is 0 Å². The summed E-state index contributed by atoms with van der Waals surface area (Å²) in [6.07, 6.45) is 4.79. The molecule has 0 atom stereocenters. The minimum absolute atomic E-state index is 0.197. The van der Waals surface area contributed by atoms with Crippen LogP contribution in [0.5, 0.6) is 0 Å². The molecule has 88 valence electrons. The van der Waals surface area contributed by atoms with Crippen LogP contribution in [0.4, 0.5) is 0 Å². The van der Waals surface area contributed by atoms with E-state index in [0.717, 1.165) is 38.3 Å². The van der Waals surface area contributed by atoms with E-state index < -0.39 is 0 Å². The molecule has 1 aliphatic rings. The number of aromatic nitrogens is 1. The Morgan fingerprint density at radius 2 is 2.31 bits per heavy atom. The Bertz CT molecular complexity index is 352. The minimum atomic E-state index is 0.197. The lowest BCUT2D eigenvalue weighted by Gasteiger charge is -2.17. The lowest BCUT2D eigenvalue weighted by molar-refractivity contribution is 0.0922. The van der Waals surface area contributed by atoms with Gasteiger partial charge in [-0.2, -0.15) is 0 Å². The molecular formula is C12H18N2O2. The number of ether oxygens (including phenoxy) is 1. The Labute approximate surface area is 95.8 Å². The monoisotopic (exact) mass is 222 g/mol. The third kappa shape index (κ3) is 2.93. The molecule has 2 rings (SSSR count). The summed E-state index contributed by atoms with van der Waals surface area (Å²) in [7, 11) is 1.93. The summed E-state index contributed by atoms with van der Waals surface area (Å²) < 4.78 is 7.26. The second-order valence-corrected chi connectivity index (χ2v) is 4.23. The van der Waals surface area contributed by atoms with Crippen LogP contribution in [0.2, 0.25) is 0 Å². The van der Waals surface area contributed by atoms with Crippen molar-refractivity contribution in [3.63, 3.8) is 0 Å². The van der Waals surface area contributed by atoms with E-state index in [1.807, 2.05) is 30.1 Å². The van der Waals surface area contributed by atoms with Crippen molar-refractivity contribution in [2.24, 2.45) is 7.05 Å². The average molecular weight is 222 g/mol. The smallest absolute Gasteiger partial charge is 0.178 e. The van der Waals surface area contributed by atoms with Crippen molar-refractivity contribution in [2.45, 2.75) is 6.42 Å². The highest BCUT2D eigenvalue weighted by atomic mass is 16.5. The SMILES string of the molecule is Cn1ccc(C(=O)CN2CCCOCC2)c1. The van der Waals surface area contributed by atoms with E-state index in [0.29, 0.717) is 6.54 Å². The molecular weight excluding hydrogens is 204 g/mol. The Morgan fingerprint density at radius 3 is 3.06 bits per heavy atom. The lowest BCUT2D eigenvalue weighted by atomic mass is 10.2. The van der Waals surface area contributed by atoms with E-state index in [2.05, 4.69) is 4.90 Å². The molecule has 0 bridgehead atoms. The van der Waals surface area contributed by atoms with Gasteiger partial charge in [0.2, 0.25) is 0 Å². The summed E-state index contributed by atoms with van der Waals surface area (Å²) in [6, 6.07) is 1.87. The maximum absolute atomic E-state index is 11.9. The fourth-order valence-corrected chi connectivity index (χ4v) is 1.92. The van der Waals surface area contributed by atoms with Gasteiger partial charge in [0.05, 0.1) is 13.2 Å². The zero-order valence-electron chi connectivity index (χ0n) is 9.69. The molecule has 0 spiro atoms. The molecule has 4 heteroatoms. The summed E-state index contributed by atoms with van der Waals surface area (Å²) in [5, 5.41) is 0. The highest BCUT2D eigenvalue weighted by Crippen LogP contribution is 2.05. The molecule has 1 aromatic heterocycles. The normalized spacial score (nSPS) is 18.3. The quantitative estimate of drug-likeness (QED) is 0.714. The van der Waals surface area contributed by atoms with Gasteiger partial charge in [-0.25, -0.2) is 0 Å². The molecule has 1 fully saturated rings. The van der Waals surface area contributed by atoms with E-state index in [4.69, 9.17) is 4.74 Å². The molecule has 0 radical (unpaired) electrons. The van der Waals surface area contributed by atoms with E-state index in [1.165, 1.54) is 0 Å². The van der Waals surface area contributed by atoms with Gasteiger partial charge in [-0.1, -0.05) is 0 Å². The predicted octanol–water partition coefficient (Wildman–Crippen LogP) is 0.930. The fraction of sp³-hybridized carbons (Fsp3) is 0.583. The molecule has 0 aromatic carbocycles. The zero-order chi connectivity index (χ0) is 11.4. The maximum Gasteiger partial charge on any atom is 0.178 e. The van der Waals surface area contributed by atoms with Crippen LogP contribution in [0.1, 0.15) is 16.8 Å². The van der Waals surface area contributed by atoms with Gasteiger partial charge in [0.25, 0.3) is 0 Å². The number of carbonyl (C=O) groups excluding carboxylic acids is 1. The highest BCUT2D eigenvalue weighted by molar-refractivity contribution is 5.97. The molecule has 4 nitrogen and oxygen atoms in total. The molecule has 0 aliphatic carbocycles. The van der Waals surface area contributed by atoms with Crippen LogP contribution >= 0.6 is 0 Å². The predicted molar refractivity (Wildman–Crippen MR) is 61.6 cm³/mol. The molecule has 0 amide bonds. The van der Waals surface area contributed by atoms with Crippen molar-refractivity contribution in [2.75, 3.05) is 32.8 Å². The standard InChI is InChI=1S/C12H18N2O2/c1-13-5-3-11(9-13)12(15)10-14-4-2-7-16-8-6-14/h3,5,9H,2,4,6-8,10H2,1H3. The van der Waals surface area contributed by atoms with Crippen LogP contribution in [-0.4, -0.2) is 48.1 Å². The first kappa shape index (κ1) is 11.4. The second kappa shape index (κ2) is 5.27. The van der Waals surface area contributed by atoms with Crippen molar-refractivity contribution < 1.29 is 9.53 Å². The topological polar surface area (TPSA) is 34.5 Å². The number of hydrogen-bond donors (Lipinski definition) is 0. The first-order valence-electron chi connectivity index (χ1n) is 5.71. The first-order valence-corrected chi connectivity index (χ1v) is 5.71. The van der Waals surface area contributed by atoms with E-state index in [-0.39, 0.29) is 5.78 Å². The number of rotatable bonds is 3. The Kier molecular flexibility index (Phi) is 3.74. The number of nitrogens with zero attached hydrogens (tertiary/aromatic N) is 2. The molecule has 0 N–H and O–H groups in total. The van der Waals surface area contributed by atoms with Crippen LogP contribution in [0.25, 0.3) is 0 Å². The van der Waals surface area contributed by atoms with Gasteiger partial charge in [-0.15, -0.1) is 0 Å². The number of hydrogen-bond acceptors (Lipinski definition) is 3. The summed E-state index contributed by atoms with van der Waals surface area (Å²) >= 11 is 0. The molecule has 0 unspecified atom stereocenters. The van der Waals surface area contributed by atoms with Crippen molar-refractivity contribution in [3.8, 4) is 0 Å². The third-order valence-electron chi connectivity index (χ3n) is 2.84. The van der Waals surface area contributed by atoms with Crippen LogP contribution < -0.4 is 0 Å². The van der Waals surface area contributed by atoms with Crippen LogP contribution in [0.3, 0.4) is 0 Å². The van der Waals surface area contributed by atoms with Crippen LogP contribution in [-0.2, 0) is 11.8 Å². The molecule has 2 heterocycles. The van der Waals surface area contributed by atoms with Crippen molar-refractivity contribution in [3.05, 3.63) is 24.0 Å². The average Bonchev–Trinajstić information content (AvgIpc) is 2.54. The lowest BCUT2D eigenvalue weighted by Crippen LogP contribution is -2.32. The summed E-state index contributed by atoms with van der Waals surface area (Å²) in [5.41, 5.74) is 0.799. The van der Waals surface area contributed by atoms with Gasteiger partial charge >= 0.3 is 0 Å². The van der Waals surface area contributed by atoms with E-state index in [9.17, 15) is 4.79 Å².